The van der Waals surface area contributed by atoms with Crippen LogP contribution in [-0.2, 0) is 32.6 Å². The van der Waals surface area contributed by atoms with Gasteiger partial charge in [0.05, 0.1) is 11.9 Å². The zero-order chi connectivity index (χ0) is 29.3. The molecule has 7 nitrogen and oxygen atoms in total. The Morgan fingerprint density at radius 3 is 2.25 bits per heavy atom. The monoisotopic (exact) mass is 583 g/mol. The second-order valence-corrected chi connectivity index (χ2v) is 12.2. The Morgan fingerprint density at radius 1 is 0.950 bits per heavy atom. The van der Waals surface area contributed by atoms with E-state index < -0.39 is 16.1 Å². The first kappa shape index (κ1) is 31.2. The average molecular weight is 584 g/mol. The summed E-state index contributed by atoms with van der Waals surface area (Å²) in [6.07, 6.45) is 1.84. The number of anilines is 1. The summed E-state index contributed by atoms with van der Waals surface area (Å²) >= 11 is 6.45. The summed E-state index contributed by atoms with van der Waals surface area (Å²) in [5.74, 6) is -0.500. The van der Waals surface area contributed by atoms with Crippen LogP contribution < -0.4 is 9.62 Å². The van der Waals surface area contributed by atoms with Crippen LogP contribution in [0.5, 0.6) is 0 Å². The number of nitrogens with one attached hydrogen (secondary N) is 1. The normalized spacial score (nSPS) is 12.0. The van der Waals surface area contributed by atoms with Crippen molar-refractivity contribution in [3.05, 3.63) is 100 Å². The Balaban J connectivity index is 1.87. The molecular formula is C31H38ClN3O4S. The maximum absolute atomic E-state index is 13.8. The molecule has 0 aliphatic carbocycles. The number of hydrogen-bond acceptors (Lipinski definition) is 4. The van der Waals surface area contributed by atoms with Crippen molar-refractivity contribution in [1.29, 1.82) is 0 Å². The Labute approximate surface area is 243 Å². The molecule has 0 aliphatic heterocycles. The van der Waals surface area contributed by atoms with Crippen LogP contribution in [0.25, 0.3) is 0 Å². The lowest BCUT2D eigenvalue weighted by atomic mass is 10.0. The van der Waals surface area contributed by atoms with Crippen molar-refractivity contribution in [2.45, 2.75) is 52.6 Å². The van der Waals surface area contributed by atoms with Gasteiger partial charge in [-0.3, -0.25) is 13.9 Å². The summed E-state index contributed by atoms with van der Waals surface area (Å²) < 4.78 is 26.6. The van der Waals surface area contributed by atoms with Crippen molar-refractivity contribution in [3.8, 4) is 0 Å². The molecule has 0 unspecified atom stereocenters. The third kappa shape index (κ3) is 8.57. The second kappa shape index (κ2) is 14.3. The van der Waals surface area contributed by atoms with Gasteiger partial charge in [-0.15, -0.1) is 0 Å². The first-order valence-corrected chi connectivity index (χ1v) is 15.6. The predicted molar refractivity (Wildman–Crippen MR) is 162 cm³/mol. The van der Waals surface area contributed by atoms with Gasteiger partial charge in [0.25, 0.3) is 0 Å². The van der Waals surface area contributed by atoms with Gasteiger partial charge in [-0.2, -0.15) is 0 Å². The van der Waals surface area contributed by atoms with Crippen LogP contribution in [0.1, 0.15) is 42.0 Å². The quantitative estimate of drug-likeness (QED) is 0.297. The van der Waals surface area contributed by atoms with E-state index in [2.05, 4.69) is 5.32 Å². The van der Waals surface area contributed by atoms with Gasteiger partial charge in [-0.1, -0.05) is 66.2 Å². The zero-order valence-electron chi connectivity index (χ0n) is 23.6. The fourth-order valence-corrected chi connectivity index (χ4v) is 5.69. The molecule has 214 valence electrons. The number of rotatable bonds is 13. The van der Waals surface area contributed by atoms with Crippen molar-refractivity contribution in [3.63, 3.8) is 0 Å². The Hall–Kier alpha value is -3.36. The van der Waals surface area contributed by atoms with E-state index in [1.165, 1.54) is 10.6 Å². The number of carbonyl (C=O) groups excluding carboxylic acids is 2. The molecule has 0 saturated heterocycles. The van der Waals surface area contributed by atoms with E-state index in [0.29, 0.717) is 23.7 Å². The van der Waals surface area contributed by atoms with Gasteiger partial charge < -0.3 is 10.2 Å². The number of likely N-dealkylation sites (N-methyl/N-ethyl adjacent to an activating group) is 1. The third-order valence-electron chi connectivity index (χ3n) is 6.85. The maximum Gasteiger partial charge on any atom is 0.243 e. The molecule has 0 fully saturated rings. The van der Waals surface area contributed by atoms with E-state index in [4.69, 9.17) is 11.6 Å². The van der Waals surface area contributed by atoms with Crippen molar-refractivity contribution >= 4 is 39.1 Å². The highest BCUT2D eigenvalue weighted by Crippen LogP contribution is 2.24. The smallest absolute Gasteiger partial charge is 0.243 e. The summed E-state index contributed by atoms with van der Waals surface area (Å²) in [6.45, 7) is 6.46. The fraction of sp³-hybridized carbons (Fsp3) is 0.355. The lowest BCUT2D eigenvalue weighted by molar-refractivity contribution is -0.141. The maximum atomic E-state index is 13.8. The van der Waals surface area contributed by atoms with Crippen LogP contribution in [-0.4, -0.2) is 50.5 Å². The van der Waals surface area contributed by atoms with E-state index in [1.807, 2.05) is 81.4 Å². The molecule has 1 atom stereocenters. The molecule has 3 aromatic carbocycles. The SMILES string of the molecule is CCNC(=O)[C@@H](Cc1ccccc1)N(Cc1ccccc1Cl)C(=O)CCCN(c1ccc(C)c(C)c1)S(C)(=O)=O. The molecule has 0 bridgehead atoms. The number of carbonyl (C=O) groups is 2. The van der Waals surface area contributed by atoms with E-state index in [1.54, 1.807) is 17.0 Å². The molecule has 1 N–H and O–H groups in total. The minimum atomic E-state index is -3.57. The number of halogens is 1. The van der Waals surface area contributed by atoms with Crippen molar-refractivity contribution in [1.82, 2.24) is 10.2 Å². The van der Waals surface area contributed by atoms with Crippen LogP contribution in [0.15, 0.2) is 72.8 Å². The number of aryl methyl sites for hydroxylation is 2. The number of sulfonamides is 1. The Morgan fingerprint density at radius 2 is 1.62 bits per heavy atom. The van der Waals surface area contributed by atoms with E-state index in [9.17, 15) is 18.0 Å². The molecule has 9 heteroatoms. The van der Waals surface area contributed by atoms with Crippen LogP contribution in [0.4, 0.5) is 5.69 Å². The third-order valence-corrected chi connectivity index (χ3v) is 8.41. The molecule has 0 saturated carbocycles. The van der Waals surface area contributed by atoms with Crippen molar-refractivity contribution in [2.75, 3.05) is 23.7 Å². The summed E-state index contributed by atoms with van der Waals surface area (Å²) in [4.78, 5) is 28.7. The molecule has 3 aromatic rings. The highest BCUT2D eigenvalue weighted by molar-refractivity contribution is 7.92. The minimum Gasteiger partial charge on any atom is -0.355 e. The van der Waals surface area contributed by atoms with Gasteiger partial charge in [-0.05, 0) is 67.6 Å². The molecule has 40 heavy (non-hydrogen) atoms. The number of amides is 2. The van der Waals surface area contributed by atoms with Gasteiger partial charge in [0.15, 0.2) is 0 Å². The first-order valence-electron chi connectivity index (χ1n) is 13.4. The lowest BCUT2D eigenvalue weighted by Crippen LogP contribution is -2.50. The zero-order valence-corrected chi connectivity index (χ0v) is 25.1. The topological polar surface area (TPSA) is 86.8 Å². The van der Waals surface area contributed by atoms with Gasteiger partial charge >= 0.3 is 0 Å². The second-order valence-electron chi connectivity index (χ2n) is 9.92. The van der Waals surface area contributed by atoms with E-state index in [-0.39, 0.29) is 37.7 Å². The van der Waals surface area contributed by atoms with Crippen LogP contribution in [0.3, 0.4) is 0 Å². The predicted octanol–water partition coefficient (Wildman–Crippen LogP) is 5.28. The van der Waals surface area contributed by atoms with Gasteiger partial charge in [0.2, 0.25) is 21.8 Å². The molecule has 0 aromatic heterocycles. The molecule has 0 spiro atoms. The standard InChI is InChI=1S/C31H38ClN3O4S/c1-5-33-31(37)29(21-25-12-7-6-8-13-25)34(22-26-14-9-10-15-28(26)32)30(36)16-11-19-35(40(4,38)39)27-18-17-23(2)24(3)20-27/h6-10,12-15,17-18,20,29H,5,11,16,19,21-22H2,1-4H3,(H,33,37)/t29-/m1/s1. The molecule has 2 amide bonds. The lowest BCUT2D eigenvalue weighted by Gasteiger charge is -2.32. The van der Waals surface area contributed by atoms with Crippen LogP contribution in [0, 0.1) is 13.8 Å². The van der Waals surface area contributed by atoms with Crippen molar-refractivity contribution in [2.24, 2.45) is 0 Å². The largest absolute Gasteiger partial charge is 0.355 e. The number of nitrogens with zero attached hydrogens (tertiary/aromatic N) is 2. The van der Waals surface area contributed by atoms with Gasteiger partial charge in [-0.25, -0.2) is 8.42 Å². The summed E-state index contributed by atoms with van der Waals surface area (Å²) in [7, 11) is -3.57. The van der Waals surface area contributed by atoms with Crippen LogP contribution >= 0.6 is 11.6 Å². The average Bonchev–Trinajstić information content (AvgIpc) is 2.91. The highest BCUT2D eigenvalue weighted by Gasteiger charge is 2.30. The first-order chi connectivity index (χ1) is 19.0. The Bertz CT molecular complexity index is 1410. The highest BCUT2D eigenvalue weighted by atomic mass is 35.5. The Kier molecular flexibility index (Phi) is 11.2. The summed E-state index contributed by atoms with van der Waals surface area (Å²) in [6, 6.07) is 21.6. The van der Waals surface area contributed by atoms with Gasteiger partial charge in [0, 0.05) is 37.5 Å². The van der Waals surface area contributed by atoms with Crippen LogP contribution in [0.2, 0.25) is 5.02 Å². The molecule has 0 heterocycles. The summed E-state index contributed by atoms with van der Waals surface area (Å²) in [5.41, 5.74) is 4.27. The number of benzene rings is 3. The summed E-state index contributed by atoms with van der Waals surface area (Å²) in [5, 5.41) is 3.38. The molecule has 0 radical (unpaired) electrons. The molecule has 3 rings (SSSR count). The van der Waals surface area contributed by atoms with E-state index in [0.717, 1.165) is 22.3 Å². The molecule has 0 aliphatic rings. The van der Waals surface area contributed by atoms with Gasteiger partial charge in [0.1, 0.15) is 6.04 Å². The van der Waals surface area contributed by atoms with E-state index >= 15 is 0 Å². The number of hydrogen-bond donors (Lipinski definition) is 1. The fourth-order valence-electron chi connectivity index (χ4n) is 4.54. The minimum absolute atomic E-state index is 0.0615. The molecular weight excluding hydrogens is 546 g/mol. The van der Waals surface area contributed by atoms with Crippen molar-refractivity contribution < 1.29 is 18.0 Å².